The second kappa shape index (κ2) is 6.09. The molecule has 1 unspecified atom stereocenters. The van der Waals surface area contributed by atoms with Crippen LogP contribution >= 0.6 is 11.8 Å². The molecule has 4 rings (SSSR count). The Bertz CT molecular complexity index is 675. The number of aromatic nitrogens is 3. The summed E-state index contributed by atoms with van der Waals surface area (Å²) in [4.78, 5) is 15.4. The van der Waals surface area contributed by atoms with Gasteiger partial charge in [0.05, 0.1) is 23.2 Å². The average Bonchev–Trinajstić information content (AvgIpc) is 2.97. The molecule has 1 atom stereocenters. The van der Waals surface area contributed by atoms with Crippen molar-refractivity contribution in [2.24, 2.45) is 0 Å². The van der Waals surface area contributed by atoms with Crippen LogP contribution in [0, 0.1) is 6.92 Å². The van der Waals surface area contributed by atoms with Crippen LogP contribution < -0.4 is 4.90 Å². The molecule has 0 N–H and O–H groups in total. The van der Waals surface area contributed by atoms with E-state index in [1.165, 1.54) is 0 Å². The van der Waals surface area contributed by atoms with Gasteiger partial charge in [0, 0.05) is 36.9 Å². The Morgan fingerprint density at radius 2 is 2.09 bits per heavy atom. The highest BCUT2D eigenvalue weighted by Gasteiger charge is 2.50. The number of hydrogen-bond acceptors (Lipinski definition) is 6. The Hall–Kier alpha value is -1.66. The zero-order valence-electron chi connectivity index (χ0n) is 13.2. The molecule has 23 heavy (non-hydrogen) atoms. The lowest BCUT2D eigenvalue weighted by Crippen LogP contribution is -2.59. The Morgan fingerprint density at radius 1 is 1.26 bits per heavy atom. The second-order valence-electron chi connectivity index (χ2n) is 6.31. The molecular weight excluding hydrogens is 308 g/mol. The van der Waals surface area contributed by atoms with Crippen LogP contribution in [0.5, 0.6) is 0 Å². The summed E-state index contributed by atoms with van der Waals surface area (Å²) >= 11 is 2.03. The van der Waals surface area contributed by atoms with Crippen LogP contribution in [0.25, 0.3) is 0 Å². The predicted octanol–water partition coefficient (Wildman–Crippen LogP) is 2.46. The molecule has 0 aliphatic carbocycles. The summed E-state index contributed by atoms with van der Waals surface area (Å²) in [6, 6.07) is 7.93. The molecule has 2 fully saturated rings. The zero-order valence-corrected chi connectivity index (χ0v) is 14.0. The smallest absolute Gasteiger partial charge is 0.225 e. The van der Waals surface area contributed by atoms with Crippen LogP contribution in [0.15, 0.2) is 36.7 Å². The van der Waals surface area contributed by atoms with Gasteiger partial charge < -0.3 is 9.64 Å². The second-order valence-corrected chi connectivity index (χ2v) is 7.79. The fourth-order valence-electron chi connectivity index (χ4n) is 3.26. The van der Waals surface area contributed by atoms with Gasteiger partial charge in [-0.2, -0.15) is 0 Å². The minimum atomic E-state index is 0.321. The monoisotopic (exact) mass is 328 g/mol. The molecule has 5 nitrogen and oxygen atoms in total. The Kier molecular flexibility index (Phi) is 3.95. The van der Waals surface area contributed by atoms with Crippen LogP contribution in [0.2, 0.25) is 0 Å². The molecule has 0 saturated carbocycles. The summed E-state index contributed by atoms with van der Waals surface area (Å²) < 4.78 is 6.41. The van der Waals surface area contributed by atoms with Crippen LogP contribution in [0.1, 0.15) is 17.8 Å². The van der Waals surface area contributed by atoms with Crippen molar-refractivity contribution in [1.82, 2.24) is 15.0 Å². The predicted molar refractivity (Wildman–Crippen MR) is 91.6 cm³/mol. The van der Waals surface area contributed by atoms with Crippen LogP contribution in [-0.4, -0.2) is 44.6 Å². The van der Waals surface area contributed by atoms with Gasteiger partial charge in [0.15, 0.2) is 0 Å². The van der Waals surface area contributed by atoms with Gasteiger partial charge in [0.25, 0.3) is 0 Å². The van der Waals surface area contributed by atoms with Gasteiger partial charge in [-0.1, -0.05) is 6.07 Å². The van der Waals surface area contributed by atoms with E-state index in [1.807, 2.05) is 43.0 Å². The van der Waals surface area contributed by atoms with Gasteiger partial charge in [-0.3, -0.25) is 4.98 Å². The summed E-state index contributed by atoms with van der Waals surface area (Å²) in [6.45, 7) is 4.65. The average molecular weight is 328 g/mol. The van der Waals surface area contributed by atoms with Gasteiger partial charge in [0.1, 0.15) is 0 Å². The third-order valence-corrected chi connectivity index (χ3v) is 5.96. The topological polar surface area (TPSA) is 51.1 Å². The first kappa shape index (κ1) is 14.9. The lowest BCUT2D eigenvalue weighted by Gasteiger charge is -2.47. The van der Waals surface area contributed by atoms with E-state index in [9.17, 15) is 0 Å². The third kappa shape index (κ3) is 3.19. The SMILES string of the molecule is Cc1cccc(COC2CSC3(C2)CN(c2ncccn2)C3)n1. The van der Waals surface area contributed by atoms with E-state index in [0.717, 1.165) is 42.6 Å². The largest absolute Gasteiger partial charge is 0.371 e. The first-order valence-electron chi connectivity index (χ1n) is 7.93. The number of ether oxygens (including phenoxy) is 1. The lowest BCUT2D eigenvalue weighted by atomic mass is 9.93. The normalized spacial score (nSPS) is 22.3. The van der Waals surface area contributed by atoms with E-state index in [0.29, 0.717) is 17.5 Å². The molecule has 0 amide bonds. The molecule has 120 valence electrons. The first-order chi connectivity index (χ1) is 11.2. The maximum atomic E-state index is 6.08. The number of thioether (sulfide) groups is 1. The maximum Gasteiger partial charge on any atom is 0.225 e. The summed E-state index contributed by atoms with van der Waals surface area (Å²) in [6.07, 6.45) is 5.03. The van der Waals surface area contributed by atoms with E-state index >= 15 is 0 Å². The van der Waals surface area contributed by atoms with Crippen LogP contribution in [0.3, 0.4) is 0 Å². The number of hydrogen-bond donors (Lipinski definition) is 0. The summed E-state index contributed by atoms with van der Waals surface area (Å²) in [5, 5.41) is 0. The lowest BCUT2D eigenvalue weighted by molar-refractivity contribution is 0.0458. The van der Waals surface area contributed by atoms with Gasteiger partial charge in [0.2, 0.25) is 5.95 Å². The Morgan fingerprint density at radius 3 is 2.87 bits per heavy atom. The van der Waals surface area contributed by atoms with Crippen LogP contribution in [-0.2, 0) is 11.3 Å². The van der Waals surface area contributed by atoms with Crippen molar-refractivity contribution in [2.75, 3.05) is 23.7 Å². The molecule has 1 spiro atoms. The highest BCUT2D eigenvalue weighted by molar-refractivity contribution is 8.01. The van der Waals surface area contributed by atoms with E-state index < -0.39 is 0 Å². The summed E-state index contributed by atoms with van der Waals surface area (Å²) in [7, 11) is 0. The highest BCUT2D eigenvalue weighted by atomic mass is 32.2. The molecule has 2 aromatic rings. The fourth-order valence-corrected chi connectivity index (χ4v) is 4.81. The van der Waals surface area contributed by atoms with Gasteiger partial charge in [-0.05, 0) is 31.5 Å². The van der Waals surface area contributed by atoms with E-state index in [1.54, 1.807) is 12.4 Å². The quantitative estimate of drug-likeness (QED) is 0.859. The number of nitrogens with zero attached hydrogens (tertiary/aromatic N) is 4. The summed E-state index contributed by atoms with van der Waals surface area (Å²) in [5.74, 6) is 1.90. The standard InChI is InChI=1S/C17H20N4OS/c1-13-4-2-5-14(20-13)9-22-15-8-17(23-10-15)11-21(12-17)16-18-6-3-7-19-16/h2-7,15H,8-12H2,1H3. The summed E-state index contributed by atoms with van der Waals surface area (Å²) in [5.41, 5.74) is 2.06. The van der Waals surface area contributed by atoms with Crippen LogP contribution in [0.4, 0.5) is 5.95 Å². The van der Waals surface area contributed by atoms with Crippen molar-refractivity contribution >= 4 is 17.7 Å². The highest BCUT2D eigenvalue weighted by Crippen LogP contribution is 2.46. The third-order valence-electron chi connectivity index (χ3n) is 4.38. The van der Waals surface area contributed by atoms with Crippen molar-refractivity contribution < 1.29 is 4.74 Å². The molecular formula is C17H20N4OS. The molecule has 2 aliphatic rings. The molecule has 0 radical (unpaired) electrons. The van der Waals surface area contributed by atoms with Crippen molar-refractivity contribution in [3.63, 3.8) is 0 Å². The van der Waals surface area contributed by atoms with Crippen molar-refractivity contribution in [3.05, 3.63) is 48.0 Å². The molecule has 2 saturated heterocycles. The zero-order chi connectivity index (χ0) is 15.7. The Labute approximate surface area is 140 Å². The van der Waals surface area contributed by atoms with Gasteiger partial charge in [-0.15, -0.1) is 11.8 Å². The van der Waals surface area contributed by atoms with E-state index in [-0.39, 0.29) is 0 Å². The Balaban J connectivity index is 1.29. The number of pyridine rings is 1. The molecule has 4 heterocycles. The minimum Gasteiger partial charge on any atom is -0.371 e. The molecule has 6 heteroatoms. The van der Waals surface area contributed by atoms with Crippen molar-refractivity contribution in [2.45, 2.75) is 30.8 Å². The molecule has 2 aromatic heterocycles. The van der Waals surface area contributed by atoms with Crippen molar-refractivity contribution in [1.29, 1.82) is 0 Å². The number of rotatable bonds is 4. The fraction of sp³-hybridized carbons (Fsp3) is 0.471. The van der Waals surface area contributed by atoms with Gasteiger partial charge >= 0.3 is 0 Å². The minimum absolute atomic E-state index is 0.321. The molecule has 2 aliphatic heterocycles. The first-order valence-corrected chi connectivity index (χ1v) is 8.91. The number of anilines is 1. The number of aryl methyl sites for hydroxylation is 1. The maximum absolute atomic E-state index is 6.08. The van der Waals surface area contributed by atoms with Gasteiger partial charge in [-0.25, -0.2) is 9.97 Å². The van der Waals surface area contributed by atoms with Crippen molar-refractivity contribution in [3.8, 4) is 0 Å². The van der Waals surface area contributed by atoms with E-state index in [4.69, 9.17) is 4.74 Å². The van der Waals surface area contributed by atoms with E-state index in [2.05, 4.69) is 19.9 Å². The molecule has 0 bridgehead atoms. The molecule has 0 aromatic carbocycles.